The number of halogens is 2. The summed E-state index contributed by atoms with van der Waals surface area (Å²) in [6.45, 7) is 2.63. The normalized spacial score (nSPS) is 16.3. The largest absolute Gasteiger partial charge is 0.493 e. The van der Waals surface area contributed by atoms with Gasteiger partial charge in [-0.25, -0.2) is 4.39 Å². The fraction of sp³-hybridized carbons (Fsp3) is 0.391. The second-order valence-corrected chi connectivity index (χ2v) is 7.81. The van der Waals surface area contributed by atoms with Gasteiger partial charge in [0.05, 0.1) is 25.3 Å². The number of carbonyl (C=O) groups is 2. The molecule has 2 aromatic carbocycles. The van der Waals surface area contributed by atoms with E-state index in [9.17, 15) is 14.0 Å². The standard InChI is InChI=1S/C23H26ClFN2O5/c1-14(22(28)26-13-17-5-4-10-32-17)27(16-7-8-19(25)18(24)12-16)23(29)15-6-9-20(30-2)21(11-15)31-3/h6-9,11-12,14,17H,4-5,10,13H2,1-3H3,(H,26,28)/t14-,17+/m0/s1. The summed E-state index contributed by atoms with van der Waals surface area (Å²) in [5.41, 5.74) is 0.554. The van der Waals surface area contributed by atoms with Crippen molar-refractivity contribution in [1.29, 1.82) is 0 Å². The smallest absolute Gasteiger partial charge is 0.259 e. The maximum absolute atomic E-state index is 13.8. The van der Waals surface area contributed by atoms with E-state index in [4.69, 9.17) is 25.8 Å². The van der Waals surface area contributed by atoms with Gasteiger partial charge in [0.25, 0.3) is 5.91 Å². The maximum atomic E-state index is 13.8. The Labute approximate surface area is 191 Å². The number of methoxy groups -OCH3 is 2. The van der Waals surface area contributed by atoms with E-state index < -0.39 is 17.8 Å². The first-order valence-corrected chi connectivity index (χ1v) is 10.6. The highest BCUT2D eigenvalue weighted by molar-refractivity contribution is 6.31. The van der Waals surface area contributed by atoms with E-state index in [0.717, 1.165) is 18.9 Å². The minimum Gasteiger partial charge on any atom is -0.493 e. The predicted molar refractivity (Wildman–Crippen MR) is 119 cm³/mol. The molecule has 0 radical (unpaired) electrons. The zero-order valence-corrected chi connectivity index (χ0v) is 18.9. The monoisotopic (exact) mass is 464 g/mol. The van der Waals surface area contributed by atoms with Gasteiger partial charge < -0.3 is 19.5 Å². The zero-order chi connectivity index (χ0) is 23.3. The van der Waals surface area contributed by atoms with Crippen molar-refractivity contribution in [2.75, 3.05) is 32.3 Å². The van der Waals surface area contributed by atoms with E-state index in [0.29, 0.717) is 24.7 Å². The fourth-order valence-electron chi connectivity index (χ4n) is 3.54. The lowest BCUT2D eigenvalue weighted by Gasteiger charge is -2.29. The molecule has 7 nitrogen and oxygen atoms in total. The van der Waals surface area contributed by atoms with E-state index in [1.165, 1.54) is 37.3 Å². The third kappa shape index (κ3) is 5.31. The van der Waals surface area contributed by atoms with Crippen LogP contribution in [0.2, 0.25) is 5.02 Å². The van der Waals surface area contributed by atoms with Crippen LogP contribution in [0.4, 0.5) is 10.1 Å². The topological polar surface area (TPSA) is 77.1 Å². The molecule has 0 bridgehead atoms. The van der Waals surface area contributed by atoms with Gasteiger partial charge in [-0.05, 0) is 56.2 Å². The third-order valence-corrected chi connectivity index (χ3v) is 5.61. The van der Waals surface area contributed by atoms with Crippen LogP contribution >= 0.6 is 11.6 Å². The average molecular weight is 465 g/mol. The number of nitrogens with zero attached hydrogens (tertiary/aromatic N) is 1. The van der Waals surface area contributed by atoms with E-state index >= 15 is 0 Å². The van der Waals surface area contributed by atoms with Gasteiger partial charge in [-0.2, -0.15) is 0 Å². The molecule has 1 heterocycles. The Hall–Kier alpha value is -2.84. The number of nitrogens with one attached hydrogen (secondary N) is 1. The molecule has 9 heteroatoms. The summed E-state index contributed by atoms with van der Waals surface area (Å²) in [6, 6.07) is 7.67. The van der Waals surface area contributed by atoms with Crippen LogP contribution in [0.15, 0.2) is 36.4 Å². The quantitative estimate of drug-likeness (QED) is 0.642. The van der Waals surface area contributed by atoms with Crippen LogP contribution in [0.25, 0.3) is 0 Å². The van der Waals surface area contributed by atoms with Crippen LogP contribution in [0, 0.1) is 5.82 Å². The van der Waals surface area contributed by atoms with Crippen molar-refractivity contribution in [2.24, 2.45) is 0 Å². The first kappa shape index (κ1) is 23.8. The highest BCUT2D eigenvalue weighted by atomic mass is 35.5. The lowest BCUT2D eigenvalue weighted by atomic mass is 10.1. The molecular weight excluding hydrogens is 439 g/mol. The summed E-state index contributed by atoms with van der Waals surface area (Å²) in [6.07, 6.45) is 1.78. The van der Waals surface area contributed by atoms with Crippen LogP contribution < -0.4 is 19.7 Å². The number of hydrogen-bond acceptors (Lipinski definition) is 5. The molecule has 1 aliphatic rings. The summed E-state index contributed by atoms with van der Waals surface area (Å²) < 4.78 is 29.8. The molecule has 1 fully saturated rings. The van der Waals surface area contributed by atoms with Crippen molar-refractivity contribution >= 4 is 29.1 Å². The molecule has 1 saturated heterocycles. The molecule has 0 aromatic heterocycles. The summed E-state index contributed by atoms with van der Waals surface area (Å²) in [5, 5.41) is 2.68. The van der Waals surface area contributed by atoms with Crippen LogP contribution in [-0.2, 0) is 9.53 Å². The van der Waals surface area contributed by atoms with Crippen LogP contribution in [-0.4, -0.2) is 51.3 Å². The fourth-order valence-corrected chi connectivity index (χ4v) is 3.72. The van der Waals surface area contributed by atoms with Crippen LogP contribution in [0.1, 0.15) is 30.1 Å². The van der Waals surface area contributed by atoms with Crippen molar-refractivity contribution in [3.63, 3.8) is 0 Å². The second-order valence-electron chi connectivity index (χ2n) is 7.40. The van der Waals surface area contributed by atoms with E-state index in [2.05, 4.69) is 5.32 Å². The van der Waals surface area contributed by atoms with Gasteiger partial charge in [-0.1, -0.05) is 11.6 Å². The van der Waals surface area contributed by atoms with Gasteiger partial charge in [-0.15, -0.1) is 0 Å². The number of carbonyl (C=O) groups excluding carboxylic acids is 2. The van der Waals surface area contributed by atoms with Gasteiger partial charge in [0.15, 0.2) is 11.5 Å². The predicted octanol–water partition coefficient (Wildman–Crippen LogP) is 3.83. The molecule has 2 amide bonds. The van der Waals surface area contributed by atoms with Gasteiger partial charge in [0, 0.05) is 24.4 Å². The van der Waals surface area contributed by atoms with E-state index in [1.54, 1.807) is 19.1 Å². The van der Waals surface area contributed by atoms with Crippen molar-refractivity contribution in [1.82, 2.24) is 5.32 Å². The summed E-state index contributed by atoms with van der Waals surface area (Å²) in [4.78, 5) is 27.7. The molecular formula is C23H26ClFN2O5. The lowest BCUT2D eigenvalue weighted by molar-refractivity contribution is -0.122. The molecule has 0 unspecified atom stereocenters. The number of benzene rings is 2. The third-order valence-electron chi connectivity index (χ3n) is 5.33. The van der Waals surface area contributed by atoms with Gasteiger partial charge in [0.1, 0.15) is 11.9 Å². The first-order chi connectivity index (χ1) is 15.3. The summed E-state index contributed by atoms with van der Waals surface area (Å²) >= 11 is 5.96. The number of amides is 2. The number of rotatable bonds is 8. The van der Waals surface area contributed by atoms with Crippen LogP contribution in [0.3, 0.4) is 0 Å². The van der Waals surface area contributed by atoms with E-state index in [1.807, 2.05) is 0 Å². The average Bonchev–Trinajstić information content (AvgIpc) is 3.33. The highest BCUT2D eigenvalue weighted by Gasteiger charge is 2.30. The SMILES string of the molecule is COc1ccc(C(=O)N(c2ccc(F)c(Cl)c2)[C@@H](C)C(=O)NC[C@H]2CCCO2)cc1OC. The summed E-state index contributed by atoms with van der Waals surface area (Å²) in [7, 11) is 2.96. The highest BCUT2D eigenvalue weighted by Crippen LogP contribution is 2.30. The van der Waals surface area contributed by atoms with Crippen LogP contribution in [0.5, 0.6) is 11.5 Å². The lowest BCUT2D eigenvalue weighted by Crippen LogP contribution is -2.49. The van der Waals surface area contributed by atoms with Crippen molar-refractivity contribution in [3.8, 4) is 11.5 Å². The molecule has 3 rings (SSSR count). The minimum absolute atomic E-state index is 0.0404. The van der Waals surface area contributed by atoms with E-state index in [-0.39, 0.29) is 28.3 Å². The molecule has 1 aliphatic heterocycles. The van der Waals surface area contributed by atoms with Gasteiger partial charge >= 0.3 is 0 Å². The Morgan fingerprint density at radius 3 is 2.59 bits per heavy atom. The Morgan fingerprint density at radius 2 is 1.97 bits per heavy atom. The molecule has 2 aromatic rings. The number of hydrogen-bond donors (Lipinski definition) is 1. The Kier molecular flexibility index (Phi) is 7.93. The van der Waals surface area contributed by atoms with Crippen molar-refractivity contribution in [3.05, 3.63) is 52.8 Å². The van der Waals surface area contributed by atoms with Crippen molar-refractivity contribution < 1.29 is 28.2 Å². The van der Waals surface area contributed by atoms with Gasteiger partial charge in [0.2, 0.25) is 5.91 Å². The second kappa shape index (κ2) is 10.7. The molecule has 0 aliphatic carbocycles. The molecule has 2 atom stereocenters. The van der Waals surface area contributed by atoms with Crippen molar-refractivity contribution in [2.45, 2.75) is 31.9 Å². The molecule has 172 valence electrons. The Bertz CT molecular complexity index is 981. The summed E-state index contributed by atoms with van der Waals surface area (Å²) in [5.74, 6) is -0.638. The zero-order valence-electron chi connectivity index (χ0n) is 18.2. The Balaban J connectivity index is 1.91. The molecule has 0 saturated carbocycles. The Morgan fingerprint density at radius 1 is 1.22 bits per heavy atom. The first-order valence-electron chi connectivity index (χ1n) is 10.3. The minimum atomic E-state index is -0.904. The maximum Gasteiger partial charge on any atom is 0.259 e. The number of anilines is 1. The van der Waals surface area contributed by atoms with Gasteiger partial charge in [-0.3, -0.25) is 14.5 Å². The molecule has 1 N–H and O–H groups in total. The molecule has 32 heavy (non-hydrogen) atoms. The molecule has 0 spiro atoms. The number of ether oxygens (including phenoxy) is 3.